The minimum atomic E-state index is 1.10. The molecule has 0 aromatic carbocycles. The summed E-state index contributed by atoms with van der Waals surface area (Å²) in [6.45, 7) is 0. The lowest BCUT2D eigenvalue weighted by molar-refractivity contribution is 0.945. The molecule has 1 nitrogen and oxygen atoms in total. The average molecular weight is 136 g/mol. The van der Waals surface area contributed by atoms with Gasteiger partial charge in [0.1, 0.15) is 0 Å². The molecule has 0 N–H and O–H groups in total. The summed E-state index contributed by atoms with van der Waals surface area (Å²) in [5.41, 5.74) is 4.11. The van der Waals surface area contributed by atoms with E-state index < -0.39 is 0 Å². The number of hydrogen-bond acceptors (Lipinski definition) is 2. The Morgan fingerprint density at radius 2 is 2.67 bits per heavy atom. The molecular formula is C7H6NS. The zero-order valence-corrected chi connectivity index (χ0v) is 5.74. The third kappa shape index (κ3) is 0.793. The molecule has 0 saturated carbocycles. The van der Waals surface area contributed by atoms with Gasteiger partial charge in [-0.05, 0) is 18.9 Å². The zero-order chi connectivity index (χ0) is 6.10. The quantitative estimate of drug-likeness (QED) is 0.531. The van der Waals surface area contributed by atoms with Crippen LogP contribution in [0.4, 0.5) is 0 Å². The van der Waals surface area contributed by atoms with Crippen molar-refractivity contribution in [2.45, 2.75) is 12.8 Å². The molecule has 1 aliphatic carbocycles. The summed E-state index contributed by atoms with van der Waals surface area (Å²) in [5, 5.41) is 0. The standard InChI is InChI=1S/C7H6NS/c1-2-4-7-6(3-1)8-5-9-7/h2,4H,1,3H2. The lowest BCUT2D eigenvalue weighted by atomic mass is 10.1. The number of allylic oxidation sites excluding steroid dienone is 1. The monoisotopic (exact) mass is 136 g/mol. The molecular weight excluding hydrogens is 130 g/mol. The second-order valence-corrected chi connectivity index (χ2v) is 2.88. The van der Waals surface area contributed by atoms with Gasteiger partial charge in [0.05, 0.1) is 10.6 Å². The smallest absolute Gasteiger partial charge is 0.153 e. The number of thiazole rings is 1. The predicted octanol–water partition coefficient (Wildman–Crippen LogP) is 1.90. The van der Waals surface area contributed by atoms with E-state index in [1.54, 1.807) is 11.3 Å². The van der Waals surface area contributed by atoms with E-state index in [-0.39, 0.29) is 0 Å². The van der Waals surface area contributed by atoms with Crippen molar-refractivity contribution in [3.8, 4) is 0 Å². The lowest BCUT2D eigenvalue weighted by Crippen LogP contribution is -1.89. The molecule has 0 aliphatic heterocycles. The topological polar surface area (TPSA) is 12.9 Å². The molecule has 45 valence electrons. The second-order valence-electron chi connectivity index (χ2n) is 2.06. The Hall–Kier alpha value is -0.630. The number of aromatic nitrogens is 1. The zero-order valence-electron chi connectivity index (χ0n) is 4.92. The van der Waals surface area contributed by atoms with Crippen LogP contribution in [-0.2, 0) is 6.42 Å². The van der Waals surface area contributed by atoms with E-state index in [1.165, 1.54) is 10.6 Å². The van der Waals surface area contributed by atoms with Gasteiger partial charge in [0.2, 0.25) is 0 Å². The highest BCUT2D eigenvalue weighted by Gasteiger charge is 2.05. The minimum absolute atomic E-state index is 1.10. The second kappa shape index (κ2) is 1.95. The molecule has 1 heterocycles. The first-order valence-corrected chi connectivity index (χ1v) is 3.81. The fraction of sp³-hybridized carbons (Fsp3) is 0.286. The number of hydrogen-bond donors (Lipinski definition) is 0. The highest BCUT2D eigenvalue weighted by molar-refractivity contribution is 7.10. The first kappa shape index (κ1) is 5.18. The van der Waals surface area contributed by atoms with Crippen LogP contribution in [0.3, 0.4) is 0 Å². The number of nitrogens with zero attached hydrogens (tertiary/aromatic N) is 1. The van der Waals surface area contributed by atoms with Crippen LogP contribution in [-0.4, -0.2) is 4.98 Å². The van der Waals surface area contributed by atoms with Crippen molar-refractivity contribution >= 4 is 17.4 Å². The number of fused-ring (bicyclic) bond motifs is 1. The summed E-state index contributed by atoms with van der Waals surface area (Å²) < 4.78 is 0. The van der Waals surface area contributed by atoms with Gasteiger partial charge in [-0.25, -0.2) is 4.98 Å². The Balaban J connectivity index is 2.53. The Kier molecular flexibility index (Phi) is 1.12. The number of aryl methyl sites for hydroxylation is 1. The van der Waals surface area contributed by atoms with Crippen LogP contribution in [0.1, 0.15) is 17.0 Å². The normalized spacial score (nSPS) is 15.6. The molecule has 0 spiro atoms. The molecule has 0 saturated heterocycles. The maximum absolute atomic E-state index is 4.10. The molecule has 0 unspecified atom stereocenters. The Labute approximate surface area is 58.1 Å². The first-order chi connectivity index (χ1) is 4.47. The molecule has 0 bridgehead atoms. The van der Waals surface area contributed by atoms with Gasteiger partial charge in [-0.1, -0.05) is 6.08 Å². The highest BCUT2D eigenvalue weighted by Crippen LogP contribution is 2.20. The minimum Gasteiger partial charge on any atom is -0.238 e. The molecule has 1 aromatic rings. The predicted molar refractivity (Wildman–Crippen MR) is 38.3 cm³/mol. The van der Waals surface area contributed by atoms with Crippen LogP contribution in [0.25, 0.3) is 6.08 Å². The van der Waals surface area contributed by atoms with Crippen LogP contribution in [0, 0.1) is 5.51 Å². The van der Waals surface area contributed by atoms with Crippen molar-refractivity contribution in [3.05, 3.63) is 22.2 Å². The van der Waals surface area contributed by atoms with Crippen molar-refractivity contribution in [1.29, 1.82) is 0 Å². The van der Waals surface area contributed by atoms with Crippen LogP contribution < -0.4 is 0 Å². The van der Waals surface area contributed by atoms with E-state index >= 15 is 0 Å². The van der Waals surface area contributed by atoms with Crippen LogP contribution in [0.5, 0.6) is 0 Å². The Bertz CT molecular complexity index is 237. The molecule has 0 fully saturated rings. The highest BCUT2D eigenvalue weighted by atomic mass is 32.1. The van der Waals surface area contributed by atoms with Gasteiger partial charge in [0.15, 0.2) is 5.51 Å². The fourth-order valence-corrected chi connectivity index (χ4v) is 1.64. The van der Waals surface area contributed by atoms with E-state index in [0.29, 0.717) is 0 Å². The van der Waals surface area contributed by atoms with Crippen LogP contribution in [0.15, 0.2) is 6.08 Å². The summed E-state index contributed by atoms with van der Waals surface area (Å²) in [4.78, 5) is 5.39. The van der Waals surface area contributed by atoms with Gasteiger partial charge in [0, 0.05) is 0 Å². The average Bonchev–Trinajstić information content (AvgIpc) is 2.33. The third-order valence-corrected chi connectivity index (χ3v) is 2.21. The molecule has 1 aromatic heterocycles. The van der Waals surface area contributed by atoms with Crippen LogP contribution >= 0.6 is 11.3 Å². The van der Waals surface area contributed by atoms with Gasteiger partial charge < -0.3 is 0 Å². The van der Waals surface area contributed by atoms with Gasteiger partial charge in [-0.2, -0.15) is 0 Å². The van der Waals surface area contributed by atoms with E-state index in [2.05, 4.69) is 22.6 Å². The van der Waals surface area contributed by atoms with E-state index in [4.69, 9.17) is 0 Å². The summed E-state index contributed by atoms with van der Waals surface area (Å²) in [6, 6.07) is 0. The van der Waals surface area contributed by atoms with Gasteiger partial charge >= 0.3 is 0 Å². The van der Waals surface area contributed by atoms with E-state index in [1.807, 2.05) is 0 Å². The van der Waals surface area contributed by atoms with Crippen molar-refractivity contribution in [2.24, 2.45) is 0 Å². The maximum Gasteiger partial charge on any atom is 0.153 e. The Morgan fingerprint density at radius 1 is 1.67 bits per heavy atom. The van der Waals surface area contributed by atoms with Crippen LogP contribution in [0.2, 0.25) is 0 Å². The van der Waals surface area contributed by atoms with Crippen molar-refractivity contribution in [1.82, 2.24) is 4.98 Å². The summed E-state index contributed by atoms with van der Waals surface area (Å²) >= 11 is 1.60. The first-order valence-electron chi connectivity index (χ1n) is 2.99. The van der Waals surface area contributed by atoms with Gasteiger partial charge in [-0.3, -0.25) is 0 Å². The van der Waals surface area contributed by atoms with Crippen molar-refractivity contribution in [2.75, 3.05) is 0 Å². The molecule has 2 heteroatoms. The molecule has 9 heavy (non-hydrogen) atoms. The molecule has 1 radical (unpaired) electrons. The van der Waals surface area contributed by atoms with E-state index in [9.17, 15) is 0 Å². The van der Waals surface area contributed by atoms with E-state index in [0.717, 1.165) is 12.8 Å². The van der Waals surface area contributed by atoms with Gasteiger partial charge in [-0.15, -0.1) is 11.3 Å². The van der Waals surface area contributed by atoms with Crippen molar-refractivity contribution < 1.29 is 0 Å². The lowest BCUT2D eigenvalue weighted by Gasteiger charge is -1.99. The fourth-order valence-electron chi connectivity index (χ4n) is 0.961. The van der Waals surface area contributed by atoms with Gasteiger partial charge in [0.25, 0.3) is 0 Å². The summed E-state index contributed by atoms with van der Waals surface area (Å²) in [7, 11) is 0. The van der Waals surface area contributed by atoms with Crippen molar-refractivity contribution in [3.63, 3.8) is 0 Å². The SMILES string of the molecule is [c]1nc2c(s1)C=CCC2. The maximum atomic E-state index is 4.10. The molecule has 0 amide bonds. The molecule has 2 rings (SSSR count). The molecule has 0 atom stereocenters. The Morgan fingerprint density at radius 3 is 3.56 bits per heavy atom. The molecule has 1 aliphatic rings. The largest absolute Gasteiger partial charge is 0.238 e. The number of rotatable bonds is 0. The summed E-state index contributed by atoms with van der Waals surface area (Å²) in [5.74, 6) is 0. The third-order valence-electron chi connectivity index (χ3n) is 1.44. The summed E-state index contributed by atoms with van der Waals surface area (Å²) in [6.07, 6.45) is 6.57.